The second-order valence-electron chi connectivity index (χ2n) is 3.44. The van der Waals surface area contributed by atoms with Gasteiger partial charge in [0.25, 0.3) is 0 Å². The van der Waals surface area contributed by atoms with Gasteiger partial charge in [0, 0.05) is 13.0 Å². The lowest BCUT2D eigenvalue weighted by atomic mass is 10.3. The molecule has 0 bridgehead atoms. The molecule has 2 rings (SSSR count). The van der Waals surface area contributed by atoms with Crippen molar-refractivity contribution >= 4 is 11.9 Å². The van der Waals surface area contributed by atoms with Crippen LogP contribution in [0.4, 0.5) is 0 Å². The highest BCUT2D eigenvalue weighted by Gasteiger charge is 2.18. The van der Waals surface area contributed by atoms with Crippen LogP contribution < -0.4 is 0 Å². The molecule has 7 heteroatoms. The minimum absolute atomic E-state index is 0.0585. The molecule has 0 radical (unpaired) electrons. The molecule has 2 aromatic heterocycles. The van der Waals surface area contributed by atoms with Crippen molar-refractivity contribution < 1.29 is 18.8 Å². The lowest BCUT2D eigenvalue weighted by molar-refractivity contribution is 0.0514. The van der Waals surface area contributed by atoms with Gasteiger partial charge in [0.05, 0.1) is 12.8 Å². The molecule has 94 valence electrons. The summed E-state index contributed by atoms with van der Waals surface area (Å²) in [6, 6.07) is 3.01. The minimum Gasteiger partial charge on any atom is -0.461 e. The van der Waals surface area contributed by atoms with Crippen LogP contribution in [0.25, 0.3) is 11.5 Å². The van der Waals surface area contributed by atoms with Crippen LogP contribution in [0.1, 0.15) is 29.1 Å². The summed E-state index contributed by atoms with van der Waals surface area (Å²) in [4.78, 5) is 22.7. The summed E-state index contributed by atoms with van der Waals surface area (Å²) >= 11 is 0. The Labute approximate surface area is 102 Å². The fraction of sp³-hybridized carbons (Fsp3) is 0.273. The first-order valence-corrected chi connectivity index (χ1v) is 5.32. The number of rotatable bonds is 3. The second kappa shape index (κ2) is 4.82. The van der Waals surface area contributed by atoms with Crippen molar-refractivity contribution in [2.24, 2.45) is 0 Å². The Kier molecular flexibility index (Phi) is 3.22. The maximum Gasteiger partial charge on any atom is 0.360 e. The molecule has 0 aliphatic carbocycles. The van der Waals surface area contributed by atoms with Gasteiger partial charge < -0.3 is 9.26 Å². The van der Waals surface area contributed by atoms with Gasteiger partial charge in [-0.15, -0.1) is 0 Å². The van der Waals surface area contributed by atoms with E-state index in [-0.39, 0.29) is 24.0 Å². The maximum absolute atomic E-state index is 11.4. The molecule has 0 N–H and O–H groups in total. The zero-order valence-electron chi connectivity index (χ0n) is 9.91. The zero-order valence-corrected chi connectivity index (χ0v) is 9.91. The standard InChI is InChI=1S/C11H11N3O4/c1-3-17-11(16)8-6-10(18-13-8)9-4-5-12-14(9)7(2)15/h4-6H,3H2,1-2H3. The Balaban J connectivity index is 2.32. The van der Waals surface area contributed by atoms with E-state index in [1.807, 2.05) is 0 Å². The Morgan fingerprint density at radius 1 is 1.50 bits per heavy atom. The molecule has 0 aromatic carbocycles. The summed E-state index contributed by atoms with van der Waals surface area (Å²) in [5.41, 5.74) is 0.494. The van der Waals surface area contributed by atoms with E-state index in [1.165, 1.54) is 19.2 Å². The first-order chi connectivity index (χ1) is 8.63. The van der Waals surface area contributed by atoms with Crippen molar-refractivity contribution in [2.75, 3.05) is 6.61 Å². The number of esters is 1. The SMILES string of the molecule is CCOC(=O)c1cc(-c2ccnn2C(C)=O)on1. The third-order valence-corrected chi connectivity index (χ3v) is 2.19. The maximum atomic E-state index is 11.4. The van der Waals surface area contributed by atoms with Crippen molar-refractivity contribution in [3.8, 4) is 11.5 Å². The Bertz CT molecular complexity index is 585. The molecule has 0 saturated carbocycles. The molecule has 0 spiro atoms. The lowest BCUT2D eigenvalue weighted by Gasteiger charge is -1.97. The van der Waals surface area contributed by atoms with Crippen LogP contribution in [0.2, 0.25) is 0 Å². The van der Waals surface area contributed by atoms with Gasteiger partial charge in [-0.1, -0.05) is 5.16 Å². The summed E-state index contributed by atoms with van der Waals surface area (Å²) in [7, 11) is 0. The van der Waals surface area contributed by atoms with E-state index in [0.717, 1.165) is 4.68 Å². The van der Waals surface area contributed by atoms with Gasteiger partial charge in [0.1, 0.15) is 5.69 Å². The first kappa shape index (κ1) is 12.0. The van der Waals surface area contributed by atoms with Crippen LogP contribution in [-0.4, -0.2) is 33.4 Å². The zero-order chi connectivity index (χ0) is 13.1. The molecule has 18 heavy (non-hydrogen) atoms. The summed E-state index contributed by atoms with van der Waals surface area (Å²) in [6.45, 7) is 3.33. The molecular weight excluding hydrogens is 238 g/mol. The van der Waals surface area contributed by atoms with E-state index in [0.29, 0.717) is 5.69 Å². The van der Waals surface area contributed by atoms with Crippen LogP contribution >= 0.6 is 0 Å². The quantitative estimate of drug-likeness (QED) is 0.763. The molecule has 2 aromatic rings. The van der Waals surface area contributed by atoms with Crippen molar-refractivity contribution in [1.29, 1.82) is 0 Å². The largest absolute Gasteiger partial charge is 0.461 e. The van der Waals surface area contributed by atoms with Gasteiger partial charge in [-0.3, -0.25) is 4.79 Å². The number of ether oxygens (including phenoxy) is 1. The topological polar surface area (TPSA) is 87.2 Å². The van der Waals surface area contributed by atoms with Gasteiger partial charge >= 0.3 is 5.97 Å². The predicted octanol–water partition coefficient (Wildman–Crippen LogP) is 1.37. The summed E-state index contributed by atoms with van der Waals surface area (Å²) in [5, 5.41) is 7.43. The molecular formula is C11H11N3O4. The van der Waals surface area contributed by atoms with Crippen LogP contribution in [0.3, 0.4) is 0 Å². The Morgan fingerprint density at radius 3 is 2.94 bits per heavy atom. The van der Waals surface area contributed by atoms with E-state index in [1.54, 1.807) is 13.0 Å². The number of carbonyl (C=O) groups excluding carboxylic acids is 2. The van der Waals surface area contributed by atoms with Gasteiger partial charge in [-0.25, -0.2) is 4.79 Å². The third kappa shape index (κ3) is 2.15. The molecule has 0 amide bonds. The third-order valence-electron chi connectivity index (χ3n) is 2.19. The van der Waals surface area contributed by atoms with Crippen LogP contribution in [-0.2, 0) is 4.74 Å². The van der Waals surface area contributed by atoms with E-state index >= 15 is 0 Å². The number of hydrogen-bond acceptors (Lipinski definition) is 6. The highest BCUT2D eigenvalue weighted by Crippen LogP contribution is 2.20. The van der Waals surface area contributed by atoms with Crippen LogP contribution in [0.15, 0.2) is 22.9 Å². The molecule has 0 unspecified atom stereocenters. The van der Waals surface area contributed by atoms with Gasteiger partial charge in [-0.05, 0) is 13.0 Å². The van der Waals surface area contributed by atoms with Crippen molar-refractivity contribution in [2.45, 2.75) is 13.8 Å². The monoisotopic (exact) mass is 249 g/mol. The predicted molar refractivity (Wildman–Crippen MR) is 60.0 cm³/mol. The van der Waals surface area contributed by atoms with Gasteiger partial charge in [-0.2, -0.15) is 9.78 Å². The summed E-state index contributed by atoms with van der Waals surface area (Å²) < 4.78 is 11.0. The van der Waals surface area contributed by atoms with Crippen LogP contribution in [0, 0.1) is 0 Å². The molecule has 0 aliphatic heterocycles. The molecule has 2 heterocycles. The Morgan fingerprint density at radius 2 is 2.28 bits per heavy atom. The smallest absolute Gasteiger partial charge is 0.360 e. The van der Waals surface area contributed by atoms with E-state index < -0.39 is 5.97 Å². The van der Waals surface area contributed by atoms with Gasteiger partial charge in [0.15, 0.2) is 11.5 Å². The van der Waals surface area contributed by atoms with Crippen molar-refractivity contribution in [3.05, 3.63) is 24.0 Å². The van der Waals surface area contributed by atoms with Gasteiger partial charge in [0.2, 0.25) is 5.91 Å². The highest BCUT2D eigenvalue weighted by molar-refractivity contribution is 5.88. The molecule has 7 nitrogen and oxygen atoms in total. The van der Waals surface area contributed by atoms with E-state index in [2.05, 4.69) is 10.3 Å². The molecule has 0 saturated heterocycles. The van der Waals surface area contributed by atoms with E-state index in [4.69, 9.17) is 9.26 Å². The highest BCUT2D eigenvalue weighted by atomic mass is 16.5. The second-order valence-corrected chi connectivity index (χ2v) is 3.44. The fourth-order valence-corrected chi connectivity index (χ4v) is 1.44. The summed E-state index contributed by atoms with van der Waals surface area (Å²) in [5.74, 6) is -0.545. The molecule has 0 fully saturated rings. The summed E-state index contributed by atoms with van der Waals surface area (Å²) in [6.07, 6.45) is 1.46. The average Bonchev–Trinajstić information content (AvgIpc) is 2.98. The molecule has 0 aliphatic rings. The number of hydrogen-bond donors (Lipinski definition) is 0. The van der Waals surface area contributed by atoms with Crippen molar-refractivity contribution in [3.63, 3.8) is 0 Å². The van der Waals surface area contributed by atoms with Crippen LogP contribution in [0.5, 0.6) is 0 Å². The average molecular weight is 249 g/mol. The normalized spacial score (nSPS) is 10.3. The Hall–Kier alpha value is -2.44. The van der Waals surface area contributed by atoms with Crippen molar-refractivity contribution in [1.82, 2.24) is 14.9 Å². The van der Waals surface area contributed by atoms with E-state index in [9.17, 15) is 9.59 Å². The minimum atomic E-state index is -0.568. The number of carbonyl (C=O) groups is 2. The number of aromatic nitrogens is 3. The first-order valence-electron chi connectivity index (χ1n) is 5.32. The lowest BCUT2D eigenvalue weighted by Crippen LogP contribution is -2.08. The molecule has 0 atom stereocenters. The fourth-order valence-electron chi connectivity index (χ4n) is 1.44. The number of nitrogens with zero attached hydrogens (tertiary/aromatic N) is 3.